The number of hydrogen-bond acceptors (Lipinski definition) is 7. The van der Waals surface area contributed by atoms with Crippen molar-refractivity contribution in [2.24, 2.45) is 0 Å². The third kappa shape index (κ3) is 7.14. The number of nitrogens with zero attached hydrogens (tertiary/aromatic N) is 1. The van der Waals surface area contributed by atoms with E-state index in [0.29, 0.717) is 52.4 Å². The summed E-state index contributed by atoms with van der Waals surface area (Å²) in [5, 5.41) is 10.9. The summed E-state index contributed by atoms with van der Waals surface area (Å²) >= 11 is 1.40. The largest absolute Gasteiger partial charge is 0.493 e. The zero-order valence-corrected chi connectivity index (χ0v) is 25.2. The van der Waals surface area contributed by atoms with Crippen molar-refractivity contribution in [3.63, 3.8) is 0 Å². The number of thiophene rings is 1. The van der Waals surface area contributed by atoms with Gasteiger partial charge < -0.3 is 24.1 Å². The predicted molar refractivity (Wildman–Crippen MR) is 176 cm³/mol. The molecule has 0 spiro atoms. The Balaban J connectivity index is 1.37. The minimum absolute atomic E-state index is 0.117. The number of aliphatic carboxylic acids is 1. The van der Waals surface area contributed by atoms with Gasteiger partial charge in [-0.2, -0.15) is 0 Å². The molecule has 0 saturated carbocycles. The van der Waals surface area contributed by atoms with Gasteiger partial charge in [-0.1, -0.05) is 60.7 Å². The molecule has 6 aromatic rings. The second-order valence-corrected chi connectivity index (χ2v) is 11.1. The van der Waals surface area contributed by atoms with Gasteiger partial charge in [0.1, 0.15) is 24.7 Å². The molecule has 45 heavy (non-hydrogen) atoms. The molecule has 0 amide bonds. The van der Waals surface area contributed by atoms with E-state index in [0.717, 1.165) is 21.2 Å². The van der Waals surface area contributed by atoms with E-state index in [-0.39, 0.29) is 5.57 Å². The Morgan fingerprint density at radius 3 is 2.02 bits per heavy atom. The third-order valence-corrected chi connectivity index (χ3v) is 8.06. The van der Waals surface area contributed by atoms with Gasteiger partial charge in [-0.15, -0.1) is 11.3 Å². The van der Waals surface area contributed by atoms with Crippen LogP contribution in [0, 0.1) is 0 Å². The van der Waals surface area contributed by atoms with E-state index in [9.17, 15) is 9.90 Å². The molecule has 6 rings (SSSR count). The lowest BCUT2D eigenvalue weighted by molar-refractivity contribution is -0.130. The van der Waals surface area contributed by atoms with Crippen molar-refractivity contribution in [3.05, 3.63) is 143 Å². The van der Waals surface area contributed by atoms with Gasteiger partial charge in [0.15, 0.2) is 17.2 Å². The lowest BCUT2D eigenvalue weighted by Crippen LogP contribution is -1.99. The highest BCUT2D eigenvalue weighted by Gasteiger charge is 2.20. The zero-order valence-electron chi connectivity index (χ0n) is 24.4. The topological polar surface area (TPSA) is 87.1 Å². The molecule has 4 aromatic carbocycles. The number of carboxylic acids is 1. The van der Waals surface area contributed by atoms with Crippen molar-refractivity contribution in [2.75, 3.05) is 7.11 Å². The predicted octanol–water partition coefficient (Wildman–Crippen LogP) is 8.88. The van der Waals surface area contributed by atoms with Gasteiger partial charge in [-0.3, -0.25) is 4.98 Å². The second kappa shape index (κ2) is 13.8. The summed E-state index contributed by atoms with van der Waals surface area (Å²) in [4.78, 5) is 17.0. The molecule has 0 unspecified atom stereocenters. The summed E-state index contributed by atoms with van der Waals surface area (Å²) in [6, 6.07) is 34.3. The van der Waals surface area contributed by atoms with E-state index in [1.807, 2.05) is 97.1 Å². The molecule has 7 nitrogen and oxygen atoms in total. The van der Waals surface area contributed by atoms with Crippen LogP contribution in [0.3, 0.4) is 0 Å². The molecule has 8 heteroatoms. The number of fused-ring (bicyclic) bond motifs is 1. The Labute approximate surface area is 264 Å². The molecule has 0 aliphatic rings. The highest BCUT2D eigenvalue weighted by molar-refractivity contribution is 7.20. The Morgan fingerprint density at radius 1 is 0.778 bits per heavy atom. The van der Waals surface area contributed by atoms with Gasteiger partial charge >= 0.3 is 5.97 Å². The van der Waals surface area contributed by atoms with Crippen LogP contribution < -0.4 is 18.9 Å². The average molecular weight is 616 g/mol. The number of pyridine rings is 1. The fourth-order valence-corrected chi connectivity index (χ4v) is 5.79. The number of carboxylic acid groups (broad SMARTS) is 1. The summed E-state index contributed by atoms with van der Waals surface area (Å²) in [6.07, 6.45) is 4.76. The van der Waals surface area contributed by atoms with E-state index < -0.39 is 5.97 Å². The van der Waals surface area contributed by atoms with Crippen LogP contribution in [0.2, 0.25) is 0 Å². The van der Waals surface area contributed by atoms with Crippen molar-refractivity contribution in [3.8, 4) is 28.7 Å². The second-order valence-electron chi connectivity index (χ2n) is 10.0. The third-order valence-electron chi connectivity index (χ3n) is 6.98. The number of aromatic nitrogens is 1. The molecule has 1 N–H and O–H groups in total. The summed E-state index contributed by atoms with van der Waals surface area (Å²) in [7, 11) is 1.59. The molecule has 0 bridgehead atoms. The highest BCUT2D eigenvalue weighted by atomic mass is 32.1. The fraction of sp³-hybridized carbons (Fsp3) is 0.0811. The monoisotopic (exact) mass is 615 g/mol. The number of methoxy groups -OCH3 is 1. The zero-order chi connectivity index (χ0) is 31.0. The Bertz CT molecular complexity index is 1920. The number of benzene rings is 4. The van der Waals surface area contributed by atoms with Gasteiger partial charge in [0.05, 0.1) is 17.6 Å². The van der Waals surface area contributed by atoms with E-state index in [1.54, 1.807) is 37.7 Å². The van der Waals surface area contributed by atoms with Gasteiger partial charge in [0, 0.05) is 28.5 Å². The van der Waals surface area contributed by atoms with Crippen molar-refractivity contribution < 1.29 is 28.8 Å². The number of ether oxygens (including phenoxy) is 4. The molecule has 0 radical (unpaired) electrons. The van der Waals surface area contributed by atoms with Gasteiger partial charge in [0.2, 0.25) is 0 Å². The quantitative estimate of drug-likeness (QED) is 0.138. The summed E-state index contributed by atoms with van der Waals surface area (Å²) < 4.78 is 25.2. The fourth-order valence-electron chi connectivity index (χ4n) is 4.70. The summed E-state index contributed by atoms with van der Waals surface area (Å²) in [5.74, 6) is 1.83. The van der Waals surface area contributed by atoms with Gasteiger partial charge in [-0.05, 0) is 65.2 Å². The number of rotatable bonds is 12. The van der Waals surface area contributed by atoms with Crippen LogP contribution in [0.4, 0.5) is 0 Å². The molecular weight excluding hydrogens is 586 g/mol. The smallest absolute Gasteiger partial charge is 0.336 e. The van der Waals surface area contributed by atoms with Crippen molar-refractivity contribution in [1.82, 2.24) is 4.98 Å². The molecule has 0 atom stereocenters. The molecule has 2 heterocycles. The normalized spacial score (nSPS) is 11.3. The average Bonchev–Trinajstić information content (AvgIpc) is 3.41. The number of hydrogen-bond donors (Lipinski definition) is 1. The van der Waals surface area contributed by atoms with Crippen LogP contribution in [0.25, 0.3) is 21.7 Å². The highest BCUT2D eigenvalue weighted by Crippen LogP contribution is 2.46. The molecule has 0 saturated heterocycles. The van der Waals surface area contributed by atoms with Crippen LogP contribution in [0.15, 0.2) is 122 Å². The lowest BCUT2D eigenvalue weighted by atomic mass is 10.1. The van der Waals surface area contributed by atoms with Crippen LogP contribution in [-0.4, -0.2) is 23.2 Å². The van der Waals surface area contributed by atoms with Crippen molar-refractivity contribution in [1.29, 1.82) is 0 Å². The SMILES string of the molecule is COc1cc2sc(/C=C(/C(=O)O)c3ccncc3)c(Oc3ccc(OCc4ccccc4)cc3)c2cc1OCc1ccccc1. The Kier molecular flexibility index (Phi) is 9.03. The maximum absolute atomic E-state index is 12.4. The lowest BCUT2D eigenvalue weighted by Gasteiger charge is -2.12. The first-order chi connectivity index (χ1) is 22.1. The molecule has 0 aliphatic heterocycles. The van der Waals surface area contributed by atoms with Gasteiger partial charge in [-0.25, -0.2) is 4.79 Å². The van der Waals surface area contributed by atoms with Crippen molar-refractivity contribution in [2.45, 2.75) is 13.2 Å². The first kappa shape index (κ1) is 29.5. The maximum Gasteiger partial charge on any atom is 0.336 e. The number of carbonyl (C=O) groups is 1. The standard InChI is InChI=1S/C37H29NO6S/c1-41-32-22-34-31(20-33(32)43-24-26-10-6-3-7-11-26)36(35(45-34)21-30(37(39)40)27-16-18-38-19-17-27)44-29-14-12-28(13-15-29)42-23-25-8-4-2-5-9-25/h2-22H,23-24H2,1H3,(H,39,40)/b30-21+. The summed E-state index contributed by atoms with van der Waals surface area (Å²) in [6.45, 7) is 0.803. The van der Waals surface area contributed by atoms with Crippen LogP contribution >= 0.6 is 11.3 Å². The maximum atomic E-state index is 12.4. The van der Waals surface area contributed by atoms with E-state index in [4.69, 9.17) is 18.9 Å². The van der Waals surface area contributed by atoms with Crippen LogP contribution in [-0.2, 0) is 18.0 Å². The first-order valence-electron chi connectivity index (χ1n) is 14.2. The minimum atomic E-state index is -1.06. The first-order valence-corrected chi connectivity index (χ1v) is 15.0. The van der Waals surface area contributed by atoms with E-state index in [2.05, 4.69) is 4.98 Å². The van der Waals surface area contributed by atoms with Gasteiger partial charge in [0.25, 0.3) is 0 Å². The van der Waals surface area contributed by atoms with E-state index in [1.165, 1.54) is 11.3 Å². The summed E-state index contributed by atoms with van der Waals surface area (Å²) in [5.41, 5.74) is 2.74. The van der Waals surface area contributed by atoms with E-state index >= 15 is 0 Å². The van der Waals surface area contributed by atoms with Crippen LogP contribution in [0.5, 0.6) is 28.7 Å². The minimum Gasteiger partial charge on any atom is -0.493 e. The molecular formula is C37H29NO6S. The van der Waals surface area contributed by atoms with Crippen LogP contribution in [0.1, 0.15) is 21.6 Å². The Hall–Kier alpha value is -5.60. The molecule has 0 fully saturated rings. The molecule has 224 valence electrons. The molecule has 0 aliphatic carbocycles. The molecule has 2 aromatic heterocycles. The Morgan fingerprint density at radius 2 is 1.40 bits per heavy atom. The van der Waals surface area contributed by atoms with Crippen molar-refractivity contribution >= 4 is 39.0 Å².